The molecule has 3 amide bonds. The zero-order chi connectivity index (χ0) is 24.8. The average Bonchev–Trinajstić information content (AvgIpc) is 3.02. The number of imide groups is 1. The number of benzene rings is 2. The lowest BCUT2D eigenvalue weighted by atomic mass is 10.0. The van der Waals surface area contributed by atoms with Crippen molar-refractivity contribution in [3.8, 4) is 0 Å². The van der Waals surface area contributed by atoms with Gasteiger partial charge in [-0.2, -0.15) is 4.31 Å². The predicted octanol–water partition coefficient (Wildman–Crippen LogP) is 3.57. The molecule has 4 rings (SSSR count). The maximum atomic E-state index is 13.2. The van der Waals surface area contributed by atoms with Gasteiger partial charge in [-0.15, -0.1) is 0 Å². The number of carbonyl (C=O) groups is 3. The molecule has 1 saturated heterocycles. The number of nitrogens with zero attached hydrogens (tertiary/aromatic N) is 2. The van der Waals surface area contributed by atoms with Gasteiger partial charge < -0.3 is 5.32 Å². The van der Waals surface area contributed by atoms with E-state index in [1.54, 1.807) is 22.5 Å². The summed E-state index contributed by atoms with van der Waals surface area (Å²) < 4.78 is 27.9. The summed E-state index contributed by atoms with van der Waals surface area (Å²) in [6.07, 6.45) is 2.66. The van der Waals surface area contributed by atoms with Gasteiger partial charge >= 0.3 is 0 Å². The van der Waals surface area contributed by atoms with Gasteiger partial charge in [0.25, 0.3) is 11.8 Å². The molecule has 0 aromatic heterocycles. The minimum Gasteiger partial charge on any atom is -0.324 e. The van der Waals surface area contributed by atoms with Crippen molar-refractivity contribution in [3.63, 3.8) is 0 Å². The number of rotatable bonds is 5. The maximum Gasteiger partial charge on any atom is 0.262 e. The first-order valence-electron chi connectivity index (χ1n) is 11.5. The van der Waals surface area contributed by atoms with Gasteiger partial charge in [-0.05, 0) is 76.9 Å². The van der Waals surface area contributed by atoms with Crippen LogP contribution in [-0.2, 0) is 14.8 Å². The summed E-state index contributed by atoms with van der Waals surface area (Å²) in [5, 5.41) is 2.68. The van der Waals surface area contributed by atoms with Gasteiger partial charge in [0, 0.05) is 17.8 Å². The van der Waals surface area contributed by atoms with Crippen molar-refractivity contribution in [2.75, 3.05) is 5.32 Å². The Morgan fingerprint density at radius 3 is 2.18 bits per heavy atom. The van der Waals surface area contributed by atoms with Crippen LogP contribution in [0, 0.1) is 6.92 Å². The fourth-order valence-corrected chi connectivity index (χ4v) is 6.67. The molecule has 0 saturated carbocycles. The molecule has 2 heterocycles. The number of carbonyl (C=O) groups excluding carboxylic acids is 3. The van der Waals surface area contributed by atoms with Crippen LogP contribution in [0.15, 0.2) is 47.4 Å². The normalized spacial score (nSPS) is 21.9. The molecule has 0 aliphatic carbocycles. The summed E-state index contributed by atoms with van der Waals surface area (Å²) in [5.74, 6) is -1.55. The number of hydrogen-bond donors (Lipinski definition) is 1. The van der Waals surface area contributed by atoms with E-state index in [9.17, 15) is 22.8 Å². The molecule has 0 spiro atoms. The summed E-state index contributed by atoms with van der Waals surface area (Å²) in [6, 6.07) is 9.77. The SMILES string of the molecule is Cc1ccc2c(c1)C(=O)N([C@H](C)C(=O)Nc1ccc(S(=O)(=O)N3[C@@H](C)CCC[C@@H]3C)cc1)C2=O. The lowest BCUT2D eigenvalue weighted by molar-refractivity contribution is -0.119. The number of sulfonamides is 1. The Kier molecular flexibility index (Phi) is 6.35. The number of nitrogens with one attached hydrogen (secondary N) is 1. The van der Waals surface area contributed by atoms with Crippen LogP contribution in [0.2, 0.25) is 0 Å². The van der Waals surface area contributed by atoms with Crippen LogP contribution in [-0.4, -0.2) is 53.5 Å². The molecule has 8 nitrogen and oxygen atoms in total. The van der Waals surface area contributed by atoms with Gasteiger partial charge in [0.2, 0.25) is 15.9 Å². The number of fused-ring (bicyclic) bond motifs is 1. The summed E-state index contributed by atoms with van der Waals surface area (Å²) >= 11 is 0. The van der Waals surface area contributed by atoms with Crippen molar-refractivity contribution in [3.05, 3.63) is 59.2 Å². The van der Waals surface area contributed by atoms with Crippen molar-refractivity contribution in [1.29, 1.82) is 0 Å². The van der Waals surface area contributed by atoms with E-state index in [1.807, 2.05) is 20.8 Å². The smallest absolute Gasteiger partial charge is 0.262 e. The average molecular weight is 484 g/mol. The molecule has 1 N–H and O–H groups in total. The number of hydrogen-bond acceptors (Lipinski definition) is 5. The van der Waals surface area contributed by atoms with Gasteiger partial charge in [-0.3, -0.25) is 19.3 Å². The quantitative estimate of drug-likeness (QED) is 0.655. The molecular formula is C25H29N3O5S. The Balaban J connectivity index is 1.48. The third-order valence-corrected chi connectivity index (χ3v) is 8.79. The highest BCUT2D eigenvalue weighted by molar-refractivity contribution is 7.89. The van der Waals surface area contributed by atoms with E-state index in [1.165, 1.54) is 31.2 Å². The molecule has 9 heteroatoms. The highest BCUT2D eigenvalue weighted by Gasteiger charge is 2.41. The van der Waals surface area contributed by atoms with Crippen LogP contribution in [0.1, 0.15) is 66.3 Å². The largest absolute Gasteiger partial charge is 0.324 e. The number of anilines is 1. The zero-order valence-electron chi connectivity index (χ0n) is 19.7. The van der Waals surface area contributed by atoms with Crippen molar-refractivity contribution < 1.29 is 22.8 Å². The highest BCUT2D eigenvalue weighted by atomic mass is 32.2. The second kappa shape index (κ2) is 8.96. The monoisotopic (exact) mass is 483 g/mol. The fraction of sp³-hybridized carbons (Fsp3) is 0.400. The summed E-state index contributed by atoms with van der Waals surface area (Å²) in [4.78, 5) is 39.5. The first kappa shape index (κ1) is 24.1. The Bertz CT molecular complexity index is 1250. The van der Waals surface area contributed by atoms with Crippen LogP contribution in [0.25, 0.3) is 0 Å². The molecule has 2 aromatic carbocycles. The number of amides is 3. The number of piperidine rings is 1. The molecule has 34 heavy (non-hydrogen) atoms. The van der Waals surface area contributed by atoms with E-state index < -0.39 is 33.8 Å². The Morgan fingerprint density at radius 1 is 0.971 bits per heavy atom. The van der Waals surface area contributed by atoms with E-state index in [-0.39, 0.29) is 22.5 Å². The second-order valence-corrected chi connectivity index (χ2v) is 11.0. The summed E-state index contributed by atoms with van der Waals surface area (Å²) in [5.41, 5.74) is 1.80. The van der Waals surface area contributed by atoms with Crippen molar-refractivity contribution in [2.45, 2.75) is 70.0 Å². The molecule has 180 valence electrons. The van der Waals surface area contributed by atoms with Crippen LogP contribution in [0.5, 0.6) is 0 Å². The minimum atomic E-state index is -3.66. The van der Waals surface area contributed by atoms with E-state index in [0.29, 0.717) is 11.3 Å². The zero-order valence-corrected chi connectivity index (χ0v) is 20.6. The highest BCUT2D eigenvalue weighted by Crippen LogP contribution is 2.30. The topological polar surface area (TPSA) is 104 Å². The van der Waals surface area contributed by atoms with Crippen molar-refractivity contribution in [2.24, 2.45) is 0 Å². The maximum absolute atomic E-state index is 13.2. The van der Waals surface area contributed by atoms with E-state index in [2.05, 4.69) is 5.32 Å². The van der Waals surface area contributed by atoms with E-state index in [0.717, 1.165) is 29.7 Å². The molecule has 0 bridgehead atoms. The van der Waals surface area contributed by atoms with Gasteiger partial charge in [0.15, 0.2) is 0 Å². The lowest BCUT2D eigenvalue weighted by Gasteiger charge is -2.37. The van der Waals surface area contributed by atoms with E-state index >= 15 is 0 Å². The Morgan fingerprint density at radius 2 is 1.56 bits per heavy atom. The molecule has 3 atom stereocenters. The van der Waals surface area contributed by atoms with Gasteiger partial charge in [0.05, 0.1) is 16.0 Å². The third kappa shape index (κ3) is 4.14. The molecular weight excluding hydrogens is 454 g/mol. The first-order chi connectivity index (χ1) is 16.0. The van der Waals surface area contributed by atoms with Crippen LogP contribution in [0.3, 0.4) is 0 Å². The fourth-order valence-electron chi connectivity index (χ4n) is 4.79. The Labute approximate surface area is 200 Å². The second-order valence-electron chi connectivity index (χ2n) is 9.18. The number of aryl methyl sites for hydroxylation is 1. The lowest BCUT2D eigenvalue weighted by Crippen LogP contribution is -2.47. The standard InChI is InChI=1S/C25H29N3O5S/c1-15-8-13-21-22(14-15)25(31)27(24(21)30)18(4)23(29)26-19-9-11-20(12-10-19)34(32,33)28-16(2)6-5-7-17(28)3/h8-14,16-18H,5-7H2,1-4H3,(H,26,29)/t16-,17-,18+/m0/s1. The summed E-state index contributed by atoms with van der Waals surface area (Å²) in [6.45, 7) is 7.16. The molecule has 1 fully saturated rings. The molecule has 0 radical (unpaired) electrons. The third-order valence-electron chi connectivity index (χ3n) is 6.65. The van der Waals surface area contributed by atoms with Crippen LogP contribution in [0.4, 0.5) is 5.69 Å². The van der Waals surface area contributed by atoms with Gasteiger partial charge in [-0.25, -0.2) is 8.42 Å². The minimum absolute atomic E-state index is 0.0718. The van der Waals surface area contributed by atoms with Crippen LogP contribution < -0.4 is 5.32 Å². The predicted molar refractivity (Wildman–Crippen MR) is 128 cm³/mol. The molecule has 0 unspecified atom stereocenters. The van der Waals surface area contributed by atoms with Gasteiger partial charge in [-0.1, -0.05) is 18.1 Å². The van der Waals surface area contributed by atoms with Crippen molar-refractivity contribution in [1.82, 2.24) is 9.21 Å². The van der Waals surface area contributed by atoms with Crippen molar-refractivity contribution >= 4 is 33.4 Å². The molecule has 2 aromatic rings. The van der Waals surface area contributed by atoms with Crippen LogP contribution >= 0.6 is 0 Å². The van der Waals surface area contributed by atoms with E-state index in [4.69, 9.17) is 0 Å². The molecule has 2 aliphatic rings. The summed E-state index contributed by atoms with van der Waals surface area (Å²) in [7, 11) is -3.66. The van der Waals surface area contributed by atoms with Gasteiger partial charge in [0.1, 0.15) is 6.04 Å². The Hall–Kier alpha value is -3.04. The molecule has 2 aliphatic heterocycles. The first-order valence-corrected chi connectivity index (χ1v) is 12.9.